The van der Waals surface area contributed by atoms with Crippen LogP contribution in [0.1, 0.15) is 258 Å². The maximum Gasteiger partial charge on any atom is 0.472 e. The lowest BCUT2D eigenvalue weighted by Crippen LogP contribution is -2.46. The molecule has 0 spiro atoms. The highest BCUT2D eigenvalue weighted by Crippen LogP contribution is 2.43. The van der Waals surface area contributed by atoms with Gasteiger partial charge in [0.15, 0.2) is 0 Å². The molecule has 3 N–H and O–H groups in total. The Morgan fingerprint density at radius 1 is 0.531 bits per heavy atom. The van der Waals surface area contributed by atoms with Crippen molar-refractivity contribution in [3.05, 3.63) is 36.5 Å². The minimum absolute atomic E-state index is 0.0745. The van der Waals surface area contributed by atoms with Gasteiger partial charge in [-0.15, -0.1) is 0 Å². The van der Waals surface area contributed by atoms with Crippen molar-refractivity contribution >= 4 is 13.7 Å². The Labute approximate surface area is 397 Å². The molecule has 3 unspecified atom stereocenters. The van der Waals surface area contributed by atoms with E-state index in [4.69, 9.17) is 9.05 Å². The van der Waals surface area contributed by atoms with E-state index in [9.17, 15) is 19.4 Å². The van der Waals surface area contributed by atoms with Crippen LogP contribution < -0.4 is 5.32 Å². The van der Waals surface area contributed by atoms with Crippen molar-refractivity contribution < 1.29 is 32.9 Å². The first-order valence-corrected chi connectivity index (χ1v) is 28.8. The number of nitrogens with one attached hydrogen (secondary N) is 1. The first-order chi connectivity index (χ1) is 31.0. The Morgan fingerprint density at radius 2 is 0.891 bits per heavy atom. The maximum atomic E-state index is 12.7. The number of hydrogen-bond donors (Lipinski definition) is 3. The van der Waals surface area contributed by atoms with E-state index >= 15 is 0 Å². The molecule has 0 saturated heterocycles. The van der Waals surface area contributed by atoms with Gasteiger partial charge in [0, 0.05) is 6.42 Å². The van der Waals surface area contributed by atoms with Gasteiger partial charge in [-0.05, 0) is 51.4 Å². The molecule has 0 aliphatic heterocycles. The fourth-order valence-corrected chi connectivity index (χ4v) is 8.79. The van der Waals surface area contributed by atoms with Crippen molar-refractivity contribution in [2.24, 2.45) is 0 Å². The zero-order valence-corrected chi connectivity index (χ0v) is 43.9. The molecule has 378 valence electrons. The predicted molar refractivity (Wildman–Crippen MR) is 277 cm³/mol. The average Bonchev–Trinajstić information content (AvgIpc) is 3.25. The molecule has 9 heteroatoms. The summed E-state index contributed by atoms with van der Waals surface area (Å²) in [5.74, 6) is -0.153. The summed E-state index contributed by atoms with van der Waals surface area (Å²) >= 11 is 0. The number of rotatable bonds is 50. The maximum absolute atomic E-state index is 12.7. The molecule has 64 heavy (non-hydrogen) atoms. The normalized spacial score (nSPS) is 14.3. The number of amides is 1. The first kappa shape index (κ1) is 62.7. The number of carbonyl (C=O) groups excluding carboxylic acids is 1. The number of quaternary nitrogens is 1. The highest BCUT2D eigenvalue weighted by molar-refractivity contribution is 7.47. The third-order valence-electron chi connectivity index (χ3n) is 12.4. The van der Waals surface area contributed by atoms with Gasteiger partial charge >= 0.3 is 7.82 Å². The first-order valence-electron chi connectivity index (χ1n) is 27.4. The number of hydrogen-bond acceptors (Lipinski definition) is 5. The van der Waals surface area contributed by atoms with Gasteiger partial charge in [0.25, 0.3) is 0 Å². The van der Waals surface area contributed by atoms with Crippen LogP contribution >= 0.6 is 7.82 Å². The molecule has 0 bridgehead atoms. The molecular weight excluding hydrogens is 816 g/mol. The summed E-state index contributed by atoms with van der Waals surface area (Å²) in [6.07, 6.45) is 60.4. The summed E-state index contributed by atoms with van der Waals surface area (Å²) in [6.45, 7) is 4.72. The van der Waals surface area contributed by atoms with Crippen molar-refractivity contribution in [2.75, 3.05) is 40.9 Å². The third kappa shape index (κ3) is 48.6. The topological polar surface area (TPSA) is 105 Å². The van der Waals surface area contributed by atoms with Crippen molar-refractivity contribution in [1.82, 2.24) is 5.32 Å². The number of phosphoric acid groups is 1. The van der Waals surface area contributed by atoms with Crippen molar-refractivity contribution in [3.8, 4) is 0 Å². The lowest BCUT2D eigenvalue weighted by molar-refractivity contribution is -0.870. The molecule has 0 aromatic rings. The molecule has 8 nitrogen and oxygen atoms in total. The van der Waals surface area contributed by atoms with Crippen LogP contribution in [-0.2, 0) is 18.4 Å². The standard InChI is InChI=1S/C55H107N2O6P/c1-6-8-10-11-12-13-14-15-16-17-18-19-20-21-22-23-24-25-26-27-28-29-30-31-32-33-34-35-36-37-38-39-40-41-42-43-44-45-47-49-55(59)56-53(54(58)48-46-9-7-2)52-63-64(60,61)62-51-50-57(3,4)5/h14-15,17-18,20-21,53-54,58H,6-13,16,19,22-52H2,1-5H3,(H-,56,59,60,61)/p+1/b15-14-,18-17-,21-20-. The van der Waals surface area contributed by atoms with Crippen molar-refractivity contribution in [2.45, 2.75) is 270 Å². The van der Waals surface area contributed by atoms with Gasteiger partial charge in [-0.3, -0.25) is 13.8 Å². The largest absolute Gasteiger partial charge is 0.472 e. The fourth-order valence-electron chi connectivity index (χ4n) is 8.05. The van der Waals surface area contributed by atoms with E-state index in [1.54, 1.807) is 0 Å². The average molecular weight is 924 g/mol. The number of nitrogens with zero attached hydrogens (tertiary/aromatic N) is 1. The van der Waals surface area contributed by atoms with E-state index in [0.717, 1.165) is 51.4 Å². The summed E-state index contributed by atoms with van der Waals surface area (Å²) in [7, 11) is 1.62. The van der Waals surface area contributed by atoms with E-state index in [1.807, 2.05) is 21.1 Å². The Hall–Kier alpha value is -1.28. The Kier molecular flexibility index (Phi) is 45.9. The number of carbonyl (C=O) groups is 1. The van der Waals surface area contributed by atoms with Crippen LogP contribution in [0.3, 0.4) is 0 Å². The number of unbranched alkanes of at least 4 members (excludes halogenated alkanes) is 31. The van der Waals surface area contributed by atoms with Crippen LogP contribution in [0.2, 0.25) is 0 Å². The Balaban J connectivity index is 3.61. The Morgan fingerprint density at radius 3 is 1.30 bits per heavy atom. The number of likely N-dealkylation sites (N-methyl/N-ethyl adjacent to an activating group) is 1. The molecule has 1 amide bonds. The number of aliphatic hydroxyl groups excluding tert-OH is 1. The van der Waals surface area contributed by atoms with Gasteiger partial charge in [0.2, 0.25) is 5.91 Å². The molecule has 0 rings (SSSR count). The van der Waals surface area contributed by atoms with E-state index in [2.05, 4.69) is 55.6 Å². The van der Waals surface area contributed by atoms with Crippen LogP contribution in [0, 0.1) is 0 Å². The predicted octanol–water partition coefficient (Wildman–Crippen LogP) is 16.2. The monoisotopic (exact) mass is 924 g/mol. The van der Waals surface area contributed by atoms with Crippen molar-refractivity contribution in [3.63, 3.8) is 0 Å². The SMILES string of the molecule is CCCCCCC/C=C\C/C=C\C/C=C\CCCCCCCCCCCCCCCCCCCCCCCCCCC(=O)NC(COP(=O)(O)OCC[N+](C)(C)C)C(O)CCCCC. The number of phosphoric ester groups is 1. The molecule has 0 fully saturated rings. The van der Waals surface area contributed by atoms with Gasteiger partial charge in [0.05, 0.1) is 39.9 Å². The van der Waals surface area contributed by atoms with Crippen LogP contribution in [0.15, 0.2) is 36.5 Å². The molecule has 0 radical (unpaired) electrons. The van der Waals surface area contributed by atoms with Gasteiger partial charge < -0.3 is 19.8 Å². The van der Waals surface area contributed by atoms with Gasteiger partial charge in [-0.1, -0.05) is 237 Å². The van der Waals surface area contributed by atoms with E-state index in [-0.39, 0.29) is 19.1 Å². The summed E-state index contributed by atoms with van der Waals surface area (Å²) in [5, 5.41) is 13.6. The fraction of sp³-hybridized carbons (Fsp3) is 0.873. The van der Waals surface area contributed by atoms with Gasteiger partial charge in [-0.2, -0.15) is 0 Å². The Bertz CT molecular complexity index is 1140. The van der Waals surface area contributed by atoms with E-state index < -0.39 is 20.0 Å². The highest BCUT2D eigenvalue weighted by Gasteiger charge is 2.28. The molecule has 0 saturated carbocycles. The smallest absolute Gasteiger partial charge is 0.391 e. The minimum Gasteiger partial charge on any atom is -0.391 e. The third-order valence-corrected chi connectivity index (χ3v) is 13.4. The minimum atomic E-state index is -4.29. The molecule has 3 atom stereocenters. The van der Waals surface area contributed by atoms with E-state index in [1.165, 1.54) is 180 Å². The second-order valence-electron chi connectivity index (χ2n) is 20.0. The van der Waals surface area contributed by atoms with Crippen LogP contribution in [0.4, 0.5) is 0 Å². The molecule has 0 aliphatic rings. The second kappa shape index (κ2) is 46.8. The summed E-state index contributed by atoms with van der Waals surface area (Å²) in [5.41, 5.74) is 0. The number of aliphatic hydroxyl groups is 1. The molecule has 0 aliphatic carbocycles. The molecule has 0 aromatic heterocycles. The zero-order chi connectivity index (χ0) is 47.1. The molecular formula is C55H108N2O6P+. The lowest BCUT2D eigenvalue weighted by atomic mass is 10.0. The summed E-state index contributed by atoms with van der Waals surface area (Å²) < 4.78 is 23.3. The van der Waals surface area contributed by atoms with Crippen LogP contribution in [0.25, 0.3) is 0 Å². The highest BCUT2D eigenvalue weighted by atomic mass is 31.2. The lowest BCUT2D eigenvalue weighted by Gasteiger charge is -2.26. The van der Waals surface area contributed by atoms with Crippen LogP contribution in [0.5, 0.6) is 0 Å². The number of allylic oxidation sites excluding steroid dienone is 6. The zero-order valence-electron chi connectivity index (χ0n) is 43.0. The van der Waals surface area contributed by atoms with Gasteiger partial charge in [-0.25, -0.2) is 4.57 Å². The summed E-state index contributed by atoms with van der Waals surface area (Å²) in [6, 6.07) is -0.753. The second-order valence-corrected chi connectivity index (χ2v) is 21.4. The van der Waals surface area contributed by atoms with E-state index in [0.29, 0.717) is 23.9 Å². The quantitative estimate of drug-likeness (QED) is 0.0243. The molecule has 0 heterocycles. The van der Waals surface area contributed by atoms with Crippen molar-refractivity contribution in [1.29, 1.82) is 0 Å². The molecule has 0 aromatic carbocycles. The summed E-state index contributed by atoms with van der Waals surface area (Å²) in [4.78, 5) is 22.9. The van der Waals surface area contributed by atoms with Gasteiger partial charge in [0.1, 0.15) is 13.2 Å². The van der Waals surface area contributed by atoms with Crippen LogP contribution in [-0.4, -0.2) is 73.4 Å².